The maximum atomic E-state index is 12.9. The van der Waals surface area contributed by atoms with Crippen molar-refractivity contribution in [3.05, 3.63) is 65.5 Å². The van der Waals surface area contributed by atoms with Crippen LogP contribution in [0.15, 0.2) is 53.7 Å². The molecule has 0 bridgehead atoms. The van der Waals surface area contributed by atoms with Gasteiger partial charge in [-0.2, -0.15) is 5.26 Å². The number of hydrogen-bond acceptors (Lipinski definition) is 4. The minimum atomic E-state index is -0.731. The van der Waals surface area contributed by atoms with Gasteiger partial charge >= 0.3 is 0 Å². The molecule has 114 valence electrons. The van der Waals surface area contributed by atoms with Gasteiger partial charge in [0.25, 0.3) is 5.91 Å². The van der Waals surface area contributed by atoms with Crippen molar-refractivity contribution in [3.63, 3.8) is 0 Å². The highest BCUT2D eigenvalue weighted by atomic mass is 19.1. The first kappa shape index (κ1) is 14.7. The van der Waals surface area contributed by atoms with Gasteiger partial charge in [-0.1, -0.05) is 17.3 Å². The van der Waals surface area contributed by atoms with Gasteiger partial charge in [-0.3, -0.25) is 4.79 Å². The number of carbonyl (C=O) groups excluding carboxylic acids is 1. The zero-order chi connectivity index (χ0) is 16.2. The van der Waals surface area contributed by atoms with Gasteiger partial charge in [0.2, 0.25) is 6.10 Å². The van der Waals surface area contributed by atoms with E-state index in [0.29, 0.717) is 23.4 Å². The Morgan fingerprint density at radius 2 is 1.91 bits per heavy atom. The number of carbonyl (C=O) groups is 1. The summed E-state index contributed by atoms with van der Waals surface area (Å²) in [6, 6.07) is 14.4. The maximum Gasteiger partial charge on any atom is 0.268 e. The molecule has 3 rings (SSSR count). The van der Waals surface area contributed by atoms with Gasteiger partial charge in [0.15, 0.2) is 0 Å². The molecule has 6 heteroatoms. The number of halogens is 1. The molecule has 1 aliphatic rings. The molecule has 0 aromatic heterocycles. The van der Waals surface area contributed by atoms with Gasteiger partial charge in [-0.15, -0.1) is 0 Å². The summed E-state index contributed by atoms with van der Waals surface area (Å²) in [7, 11) is 0. The lowest BCUT2D eigenvalue weighted by Gasteiger charge is -2.09. The van der Waals surface area contributed by atoms with Gasteiger partial charge in [0.1, 0.15) is 5.82 Å². The molecule has 1 aliphatic heterocycles. The van der Waals surface area contributed by atoms with Crippen molar-refractivity contribution in [1.82, 2.24) is 0 Å². The molecule has 0 saturated heterocycles. The fourth-order valence-electron chi connectivity index (χ4n) is 2.18. The number of anilines is 1. The van der Waals surface area contributed by atoms with Crippen LogP contribution in [-0.2, 0) is 9.63 Å². The molecule has 2 aromatic carbocycles. The van der Waals surface area contributed by atoms with E-state index in [4.69, 9.17) is 10.1 Å². The van der Waals surface area contributed by atoms with Crippen molar-refractivity contribution < 1.29 is 14.0 Å². The predicted molar refractivity (Wildman–Crippen MR) is 82.2 cm³/mol. The van der Waals surface area contributed by atoms with Crippen LogP contribution in [0.25, 0.3) is 0 Å². The van der Waals surface area contributed by atoms with Gasteiger partial charge in [0.05, 0.1) is 17.3 Å². The molecule has 1 heterocycles. The second-order valence-corrected chi connectivity index (χ2v) is 5.02. The molecule has 0 unspecified atom stereocenters. The Bertz CT molecular complexity index is 792. The average Bonchev–Trinajstić information content (AvgIpc) is 3.06. The molecule has 1 N–H and O–H groups in total. The number of nitrogens with one attached hydrogen (secondary N) is 1. The van der Waals surface area contributed by atoms with E-state index in [0.717, 1.165) is 5.56 Å². The van der Waals surface area contributed by atoms with E-state index in [9.17, 15) is 9.18 Å². The fraction of sp³-hybridized carbons (Fsp3) is 0.118. The molecule has 0 spiro atoms. The number of benzene rings is 2. The van der Waals surface area contributed by atoms with E-state index < -0.39 is 6.10 Å². The van der Waals surface area contributed by atoms with E-state index in [1.165, 1.54) is 12.1 Å². The van der Waals surface area contributed by atoms with Crippen molar-refractivity contribution in [1.29, 1.82) is 5.26 Å². The van der Waals surface area contributed by atoms with Crippen LogP contribution in [0.4, 0.5) is 10.1 Å². The number of oxime groups is 1. The predicted octanol–water partition coefficient (Wildman–Crippen LogP) is 2.83. The normalized spacial score (nSPS) is 16.2. The monoisotopic (exact) mass is 309 g/mol. The van der Waals surface area contributed by atoms with Crippen LogP contribution in [0.1, 0.15) is 17.5 Å². The first-order valence-corrected chi connectivity index (χ1v) is 6.95. The molecule has 0 aliphatic carbocycles. The molecule has 0 saturated carbocycles. The average molecular weight is 309 g/mol. The van der Waals surface area contributed by atoms with E-state index >= 15 is 0 Å². The Hall–Kier alpha value is -3.20. The number of nitrogens with zero attached hydrogens (tertiary/aromatic N) is 2. The number of rotatable bonds is 3. The van der Waals surface area contributed by atoms with Crippen molar-refractivity contribution >= 4 is 17.3 Å². The van der Waals surface area contributed by atoms with Gasteiger partial charge in [-0.05, 0) is 42.0 Å². The molecule has 0 radical (unpaired) electrons. The minimum Gasteiger partial charge on any atom is -0.382 e. The molecular formula is C17H12FN3O2. The third kappa shape index (κ3) is 3.35. The first-order chi connectivity index (χ1) is 11.2. The third-order valence-electron chi connectivity index (χ3n) is 3.42. The van der Waals surface area contributed by atoms with E-state index in [1.54, 1.807) is 36.4 Å². The zero-order valence-electron chi connectivity index (χ0n) is 12.0. The van der Waals surface area contributed by atoms with Crippen LogP contribution in [-0.4, -0.2) is 17.7 Å². The Morgan fingerprint density at radius 1 is 1.22 bits per heavy atom. The Kier molecular flexibility index (Phi) is 4.02. The largest absolute Gasteiger partial charge is 0.382 e. The summed E-state index contributed by atoms with van der Waals surface area (Å²) in [4.78, 5) is 17.3. The van der Waals surface area contributed by atoms with Crippen LogP contribution < -0.4 is 5.32 Å². The highest BCUT2D eigenvalue weighted by molar-refractivity contribution is 6.06. The second-order valence-electron chi connectivity index (χ2n) is 5.02. The smallest absolute Gasteiger partial charge is 0.268 e. The lowest BCUT2D eigenvalue weighted by Crippen LogP contribution is -2.28. The van der Waals surface area contributed by atoms with Crippen molar-refractivity contribution in [2.45, 2.75) is 12.5 Å². The molecule has 23 heavy (non-hydrogen) atoms. The summed E-state index contributed by atoms with van der Waals surface area (Å²) in [6.07, 6.45) is -0.418. The molecule has 1 amide bonds. The zero-order valence-corrected chi connectivity index (χ0v) is 12.0. The standard InChI is InChI=1S/C17H12FN3O2/c18-13-5-3-12(4-6-13)15-9-16(23-21-15)17(22)20-14-7-1-11(10-19)2-8-14/h1-8,16H,9H2,(H,20,22)/t16-/m0/s1. The van der Waals surface area contributed by atoms with Gasteiger partial charge in [0, 0.05) is 12.1 Å². The topological polar surface area (TPSA) is 74.5 Å². The Morgan fingerprint density at radius 3 is 2.57 bits per heavy atom. The van der Waals surface area contributed by atoms with E-state index in [-0.39, 0.29) is 11.7 Å². The number of hydrogen-bond donors (Lipinski definition) is 1. The van der Waals surface area contributed by atoms with E-state index in [1.807, 2.05) is 6.07 Å². The van der Waals surface area contributed by atoms with Crippen LogP contribution in [0.3, 0.4) is 0 Å². The van der Waals surface area contributed by atoms with E-state index in [2.05, 4.69) is 10.5 Å². The summed E-state index contributed by atoms with van der Waals surface area (Å²) >= 11 is 0. The summed E-state index contributed by atoms with van der Waals surface area (Å²) in [6.45, 7) is 0. The van der Waals surface area contributed by atoms with Crippen molar-refractivity contribution in [2.24, 2.45) is 5.16 Å². The Balaban J connectivity index is 1.62. The highest BCUT2D eigenvalue weighted by Gasteiger charge is 2.28. The number of nitriles is 1. The van der Waals surface area contributed by atoms with Crippen LogP contribution in [0, 0.1) is 17.1 Å². The molecule has 5 nitrogen and oxygen atoms in total. The highest BCUT2D eigenvalue weighted by Crippen LogP contribution is 2.19. The van der Waals surface area contributed by atoms with Crippen molar-refractivity contribution in [3.8, 4) is 6.07 Å². The maximum absolute atomic E-state index is 12.9. The minimum absolute atomic E-state index is 0.313. The Labute approximate surface area is 132 Å². The fourth-order valence-corrected chi connectivity index (χ4v) is 2.18. The third-order valence-corrected chi connectivity index (χ3v) is 3.42. The molecule has 2 aromatic rings. The van der Waals surface area contributed by atoms with Gasteiger partial charge < -0.3 is 10.2 Å². The summed E-state index contributed by atoms with van der Waals surface area (Å²) in [5.41, 5.74) is 2.42. The summed E-state index contributed by atoms with van der Waals surface area (Å²) in [5, 5.41) is 15.3. The number of amides is 1. The van der Waals surface area contributed by atoms with Gasteiger partial charge in [-0.25, -0.2) is 4.39 Å². The van der Waals surface area contributed by atoms with Crippen LogP contribution in [0.5, 0.6) is 0 Å². The lowest BCUT2D eigenvalue weighted by atomic mass is 10.0. The quantitative estimate of drug-likeness (QED) is 0.947. The van der Waals surface area contributed by atoms with Crippen LogP contribution in [0.2, 0.25) is 0 Å². The second kappa shape index (κ2) is 6.28. The summed E-state index contributed by atoms with van der Waals surface area (Å²) in [5.74, 6) is -0.654. The first-order valence-electron chi connectivity index (χ1n) is 6.95. The van der Waals surface area contributed by atoms with Crippen LogP contribution >= 0.6 is 0 Å². The molecule has 1 atom stereocenters. The molecule has 0 fully saturated rings. The lowest BCUT2D eigenvalue weighted by molar-refractivity contribution is -0.125. The summed E-state index contributed by atoms with van der Waals surface area (Å²) < 4.78 is 12.9. The molecular weight excluding hydrogens is 297 g/mol. The SMILES string of the molecule is N#Cc1ccc(NC(=O)[C@@H]2CC(c3ccc(F)cc3)=NO2)cc1. The van der Waals surface area contributed by atoms with Crippen molar-refractivity contribution in [2.75, 3.05) is 5.32 Å².